The molecule has 150 valence electrons. The first-order valence-electron chi connectivity index (χ1n) is 9.65. The summed E-state index contributed by atoms with van der Waals surface area (Å²) >= 11 is 0. The Hall–Kier alpha value is -3.26. The van der Waals surface area contributed by atoms with Crippen LogP contribution in [0.2, 0.25) is 0 Å². The highest BCUT2D eigenvalue weighted by atomic mass is 16.5. The van der Waals surface area contributed by atoms with Gasteiger partial charge in [-0.2, -0.15) is 0 Å². The molecule has 0 bridgehead atoms. The smallest absolute Gasteiger partial charge is 0.255 e. The van der Waals surface area contributed by atoms with E-state index in [-0.39, 0.29) is 12.0 Å². The summed E-state index contributed by atoms with van der Waals surface area (Å²) in [6, 6.07) is 14.8. The number of carbonyl (C=O) groups excluding carboxylic acids is 1. The van der Waals surface area contributed by atoms with Gasteiger partial charge in [0.25, 0.3) is 5.91 Å². The molecule has 2 heterocycles. The number of tetrazole rings is 1. The Bertz CT molecular complexity index is 947. The van der Waals surface area contributed by atoms with E-state index in [1.165, 1.54) is 0 Å². The number of aryl methyl sites for hydroxylation is 1. The molecule has 1 amide bonds. The summed E-state index contributed by atoms with van der Waals surface area (Å²) in [5.74, 6) is 1.35. The van der Waals surface area contributed by atoms with Crippen molar-refractivity contribution in [2.24, 2.45) is 0 Å². The summed E-state index contributed by atoms with van der Waals surface area (Å²) in [6.07, 6.45) is 2.32. The molecule has 0 radical (unpaired) electrons. The van der Waals surface area contributed by atoms with E-state index in [1.54, 1.807) is 16.8 Å². The first kappa shape index (κ1) is 19.1. The number of ether oxygens (including phenoxy) is 2. The van der Waals surface area contributed by atoms with E-state index in [2.05, 4.69) is 20.8 Å². The first-order valence-corrected chi connectivity index (χ1v) is 9.65. The normalized spacial score (nSPS) is 16.0. The number of nitrogens with one attached hydrogen (secondary N) is 1. The van der Waals surface area contributed by atoms with Crippen LogP contribution in [-0.2, 0) is 11.3 Å². The number of anilines is 1. The number of nitrogens with zero attached hydrogens (tertiary/aromatic N) is 4. The van der Waals surface area contributed by atoms with Crippen molar-refractivity contribution in [1.29, 1.82) is 0 Å². The minimum Gasteiger partial charge on any atom is -0.491 e. The molecule has 1 saturated heterocycles. The molecule has 0 saturated carbocycles. The minimum absolute atomic E-state index is 0.164. The lowest BCUT2D eigenvalue weighted by Gasteiger charge is -2.12. The van der Waals surface area contributed by atoms with Gasteiger partial charge in [0.1, 0.15) is 18.2 Å². The number of hydrogen-bond acceptors (Lipinski definition) is 6. The summed E-state index contributed by atoms with van der Waals surface area (Å²) < 4.78 is 13.0. The monoisotopic (exact) mass is 393 g/mol. The summed E-state index contributed by atoms with van der Waals surface area (Å²) in [5, 5.41) is 14.3. The van der Waals surface area contributed by atoms with Gasteiger partial charge >= 0.3 is 0 Å². The molecule has 1 aliphatic heterocycles. The Morgan fingerprint density at radius 2 is 2.00 bits per heavy atom. The van der Waals surface area contributed by atoms with Crippen LogP contribution in [0, 0.1) is 6.92 Å². The lowest BCUT2D eigenvalue weighted by molar-refractivity contribution is 0.0679. The van der Waals surface area contributed by atoms with Gasteiger partial charge in [-0.15, -0.1) is 5.10 Å². The van der Waals surface area contributed by atoms with Crippen LogP contribution in [0.5, 0.6) is 5.75 Å². The minimum atomic E-state index is -0.164. The van der Waals surface area contributed by atoms with E-state index in [1.807, 2.05) is 43.3 Å². The second-order valence-corrected chi connectivity index (χ2v) is 7.01. The summed E-state index contributed by atoms with van der Waals surface area (Å²) in [7, 11) is 0. The van der Waals surface area contributed by atoms with Gasteiger partial charge in [0.15, 0.2) is 0 Å². The molecule has 1 unspecified atom stereocenters. The van der Waals surface area contributed by atoms with Gasteiger partial charge < -0.3 is 14.8 Å². The maximum atomic E-state index is 12.5. The molecule has 1 fully saturated rings. The predicted molar refractivity (Wildman–Crippen MR) is 107 cm³/mol. The molecule has 0 spiro atoms. The third-order valence-electron chi connectivity index (χ3n) is 4.83. The van der Waals surface area contributed by atoms with Crippen molar-refractivity contribution in [3.63, 3.8) is 0 Å². The largest absolute Gasteiger partial charge is 0.491 e. The van der Waals surface area contributed by atoms with E-state index in [4.69, 9.17) is 9.47 Å². The fraction of sp³-hybridized carbons (Fsp3) is 0.333. The lowest BCUT2D eigenvalue weighted by Crippen LogP contribution is -2.16. The Labute approximate surface area is 168 Å². The first-order chi connectivity index (χ1) is 14.2. The lowest BCUT2D eigenvalue weighted by atomic mass is 10.1. The summed E-state index contributed by atoms with van der Waals surface area (Å²) in [5.41, 5.74) is 2.32. The number of carbonyl (C=O) groups is 1. The van der Waals surface area contributed by atoms with Crippen LogP contribution in [-0.4, -0.2) is 45.4 Å². The van der Waals surface area contributed by atoms with E-state index in [0.29, 0.717) is 24.4 Å². The van der Waals surface area contributed by atoms with Gasteiger partial charge in [0.05, 0.1) is 12.6 Å². The van der Waals surface area contributed by atoms with Crippen LogP contribution in [0.4, 0.5) is 5.69 Å². The van der Waals surface area contributed by atoms with Crippen LogP contribution in [0.25, 0.3) is 0 Å². The Morgan fingerprint density at radius 3 is 2.66 bits per heavy atom. The molecule has 1 N–H and O–H groups in total. The topological polar surface area (TPSA) is 91.2 Å². The highest BCUT2D eigenvalue weighted by molar-refractivity contribution is 6.04. The maximum Gasteiger partial charge on any atom is 0.255 e. The molecular formula is C21H23N5O3. The number of hydrogen-bond donors (Lipinski definition) is 1. The summed E-state index contributed by atoms with van der Waals surface area (Å²) in [6.45, 7) is 3.79. The van der Waals surface area contributed by atoms with Crippen LogP contribution in [0.1, 0.15) is 34.6 Å². The predicted octanol–water partition coefficient (Wildman–Crippen LogP) is 2.84. The second-order valence-electron chi connectivity index (χ2n) is 7.01. The molecule has 1 aliphatic rings. The average Bonchev–Trinajstić information content (AvgIpc) is 3.40. The van der Waals surface area contributed by atoms with Crippen molar-refractivity contribution < 1.29 is 14.3 Å². The zero-order valence-corrected chi connectivity index (χ0v) is 16.2. The molecule has 1 atom stereocenters. The molecule has 0 aliphatic carbocycles. The molecule has 1 aromatic heterocycles. The number of benzene rings is 2. The average molecular weight is 393 g/mol. The molecule has 3 aromatic rings. The van der Waals surface area contributed by atoms with E-state index in [9.17, 15) is 4.79 Å². The quantitative estimate of drug-likeness (QED) is 0.664. The Balaban J connectivity index is 1.30. The zero-order chi connectivity index (χ0) is 20.1. The van der Waals surface area contributed by atoms with Gasteiger partial charge in [-0.3, -0.25) is 4.79 Å². The molecule has 2 aromatic carbocycles. The van der Waals surface area contributed by atoms with Crippen LogP contribution >= 0.6 is 0 Å². The molecule has 29 heavy (non-hydrogen) atoms. The van der Waals surface area contributed by atoms with Gasteiger partial charge in [0.2, 0.25) is 0 Å². The van der Waals surface area contributed by atoms with E-state index < -0.39 is 0 Å². The van der Waals surface area contributed by atoms with Crippen molar-refractivity contribution in [3.05, 3.63) is 65.5 Å². The van der Waals surface area contributed by atoms with Gasteiger partial charge in [-0.05, 0) is 72.2 Å². The fourth-order valence-electron chi connectivity index (χ4n) is 3.13. The molecular weight excluding hydrogens is 370 g/mol. The highest BCUT2D eigenvalue weighted by Crippen LogP contribution is 2.19. The summed E-state index contributed by atoms with van der Waals surface area (Å²) in [4.78, 5) is 12.5. The zero-order valence-electron chi connectivity index (χ0n) is 16.2. The van der Waals surface area contributed by atoms with Crippen molar-refractivity contribution in [2.75, 3.05) is 18.5 Å². The van der Waals surface area contributed by atoms with Crippen molar-refractivity contribution in [3.8, 4) is 5.75 Å². The van der Waals surface area contributed by atoms with Crippen LogP contribution < -0.4 is 10.1 Å². The van der Waals surface area contributed by atoms with Crippen molar-refractivity contribution in [2.45, 2.75) is 32.4 Å². The number of amides is 1. The van der Waals surface area contributed by atoms with Crippen LogP contribution in [0.3, 0.4) is 0 Å². The van der Waals surface area contributed by atoms with E-state index >= 15 is 0 Å². The number of rotatable bonds is 7. The SMILES string of the molecule is Cc1nnnn1Cc1ccc(C(=O)Nc2ccc(OCC3CCCO3)cc2)cc1. The van der Waals surface area contributed by atoms with E-state index in [0.717, 1.165) is 36.6 Å². The maximum absolute atomic E-state index is 12.5. The van der Waals surface area contributed by atoms with Gasteiger partial charge in [0, 0.05) is 17.9 Å². The van der Waals surface area contributed by atoms with Crippen molar-refractivity contribution in [1.82, 2.24) is 20.2 Å². The third kappa shape index (κ3) is 4.97. The van der Waals surface area contributed by atoms with Gasteiger partial charge in [-0.25, -0.2) is 4.68 Å². The second kappa shape index (κ2) is 8.83. The molecule has 4 rings (SSSR count). The number of aromatic nitrogens is 4. The fourth-order valence-corrected chi connectivity index (χ4v) is 3.13. The Morgan fingerprint density at radius 1 is 1.21 bits per heavy atom. The highest BCUT2D eigenvalue weighted by Gasteiger charge is 2.16. The Kier molecular flexibility index (Phi) is 5.81. The third-order valence-corrected chi connectivity index (χ3v) is 4.83. The van der Waals surface area contributed by atoms with Gasteiger partial charge in [-0.1, -0.05) is 12.1 Å². The van der Waals surface area contributed by atoms with Crippen LogP contribution in [0.15, 0.2) is 48.5 Å². The molecule has 8 nitrogen and oxygen atoms in total. The molecule has 8 heteroatoms. The standard InChI is InChI=1S/C21H23N5O3/c1-15-23-24-25-26(15)13-16-4-6-17(7-5-16)21(27)22-18-8-10-19(11-9-18)29-14-20-3-2-12-28-20/h4-11,20H,2-3,12-14H2,1H3,(H,22,27). The van der Waals surface area contributed by atoms with Crippen molar-refractivity contribution >= 4 is 11.6 Å².